The first-order valence-electron chi connectivity index (χ1n) is 13.2. The number of aromatic nitrogens is 2. The molecule has 3 aromatic carbocycles. The number of carbonyl (C=O) groups is 2. The van der Waals surface area contributed by atoms with Crippen molar-refractivity contribution in [2.75, 3.05) is 5.32 Å². The average Bonchev–Trinajstić information content (AvgIpc) is 3.40. The smallest absolute Gasteiger partial charge is 0.251 e. The molecule has 0 aliphatic heterocycles. The Hall–Kier alpha value is -3.84. The van der Waals surface area contributed by atoms with E-state index in [-0.39, 0.29) is 11.8 Å². The summed E-state index contributed by atoms with van der Waals surface area (Å²) in [6.07, 6.45) is 6.19. The third-order valence-corrected chi connectivity index (χ3v) is 7.25. The first-order valence-corrected chi connectivity index (χ1v) is 14.0. The minimum absolute atomic E-state index is 0.281. The molecule has 0 aliphatic carbocycles. The number of unbranched alkanes of at least 4 members (excludes halogenated alkanes) is 3. The van der Waals surface area contributed by atoms with E-state index in [9.17, 15) is 9.59 Å². The maximum absolute atomic E-state index is 13.3. The van der Waals surface area contributed by atoms with Crippen LogP contribution in [-0.2, 0) is 17.6 Å². The molecule has 1 heterocycles. The zero-order valence-electron chi connectivity index (χ0n) is 21.9. The number of hydrogen-bond donors (Lipinski definition) is 2. The summed E-state index contributed by atoms with van der Waals surface area (Å²) < 4.78 is 0. The van der Waals surface area contributed by atoms with Crippen LogP contribution >= 0.6 is 11.3 Å². The molecule has 2 N–H and O–H groups in total. The third-order valence-electron chi connectivity index (χ3n) is 6.36. The van der Waals surface area contributed by atoms with Crippen LogP contribution in [0, 0.1) is 6.92 Å². The standard InChI is InChI=1S/C31H34N4O2S/c1-3-4-5-7-12-23-16-18-25(19-17-23)28(36)32-27(21-24-13-8-6-9-14-24)29(37)33-31-35-34-30(38-31)26-15-10-11-22(2)20-26/h6,8-11,13-20,27H,3-5,7,12,21H2,1-2H3,(H,32,36)(H,33,35,37). The highest BCUT2D eigenvalue weighted by Gasteiger charge is 2.23. The number of rotatable bonds is 12. The Balaban J connectivity index is 1.44. The van der Waals surface area contributed by atoms with E-state index in [0.29, 0.717) is 17.1 Å². The number of carbonyl (C=O) groups excluding carboxylic acids is 2. The lowest BCUT2D eigenvalue weighted by molar-refractivity contribution is -0.118. The molecule has 0 spiro atoms. The van der Waals surface area contributed by atoms with E-state index in [1.165, 1.54) is 36.2 Å². The number of anilines is 1. The van der Waals surface area contributed by atoms with Crippen molar-refractivity contribution >= 4 is 28.3 Å². The van der Waals surface area contributed by atoms with E-state index in [1.54, 1.807) is 0 Å². The first-order chi connectivity index (χ1) is 18.5. The zero-order valence-corrected chi connectivity index (χ0v) is 22.8. The Morgan fingerprint density at radius 1 is 0.868 bits per heavy atom. The SMILES string of the molecule is CCCCCCc1ccc(C(=O)NC(Cc2ccccc2)C(=O)Nc2nnc(-c3cccc(C)c3)s2)cc1. The molecular formula is C31H34N4O2S. The van der Waals surface area contributed by atoms with Crippen LogP contribution in [0.15, 0.2) is 78.9 Å². The molecule has 7 heteroatoms. The lowest BCUT2D eigenvalue weighted by atomic mass is 10.0. The van der Waals surface area contributed by atoms with E-state index in [4.69, 9.17) is 0 Å². The molecule has 38 heavy (non-hydrogen) atoms. The van der Waals surface area contributed by atoms with Gasteiger partial charge in [0.25, 0.3) is 5.91 Å². The minimum atomic E-state index is -0.773. The van der Waals surface area contributed by atoms with Gasteiger partial charge >= 0.3 is 0 Å². The van der Waals surface area contributed by atoms with Crippen molar-refractivity contribution in [2.45, 2.75) is 58.4 Å². The van der Waals surface area contributed by atoms with Crippen molar-refractivity contribution in [2.24, 2.45) is 0 Å². The molecule has 0 fully saturated rings. The molecule has 0 bridgehead atoms. The molecule has 0 aliphatic rings. The van der Waals surface area contributed by atoms with Gasteiger partial charge in [0.1, 0.15) is 11.0 Å². The number of amides is 2. The van der Waals surface area contributed by atoms with Crippen molar-refractivity contribution in [3.63, 3.8) is 0 Å². The molecule has 1 aromatic heterocycles. The van der Waals surface area contributed by atoms with Gasteiger partial charge in [0.15, 0.2) is 0 Å². The van der Waals surface area contributed by atoms with Gasteiger partial charge in [-0.15, -0.1) is 10.2 Å². The lowest BCUT2D eigenvalue weighted by Gasteiger charge is -2.18. The summed E-state index contributed by atoms with van der Waals surface area (Å²) in [6, 6.07) is 24.5. The second-order valence-corrected chi connectivity index (χ2v) is 10.5. The highest BCUT2D eigenvalue weighted by atomic mass is 32.1. The van der Waals surface area contributed by atoms with Crippen LogP contribution in [0.25, 0.3) is 10.6 Å². The Morgan fingerprint density at radius 2 is 1.66 bits per heavy atom. The molecule has 4 aromatic rings. The molecule has 2 amide bonds. The van der Waals surface area contributed by atoms with Crippen molar-refractivity contribution in [3.05, 3.63) is 101 Å². The normalized spacial score (nSPS) is 11.6. The second-order valence-electron chi connectivity index (χ2n) is 9.49. The quantitative estimate of drug-likeness (QED) is 0.203. The fraction of sp³-hybridized carbons (Fsp3) is 0.290. The summed E-state index contributed by atoms with van der Waals surface area (Å²) >= 11 is 1.31. The third kappa shape index (κ3) is 7.83. The van der Waals surface area contributed by atoms with E-state index in [1.807, 2.05) is 85.8 Å². The lowest BCUT2D eigenvalue weighted by Crippen LogP contribution is -2.45. The molecule has 196 valence electrons. The van der Waals surface area contributed by atoms with Gasteiger partial charge in [0, 0.05) is 17.5 Å². The van der Waals surface area contributed by atoms with E-state index in [0.717, 1.165) is 34.5 Å². The summed E-state index contributed by atoms with van der Waals surface area (Å²) in [6.45, 7) is 4.22. The van der Waals surface area contributed by atoms with Crippen LogP contribution in [-0.4, -0.2) is 28.1 Å². The van der Waals surface area contributed by atoms with Crippen molar-refractivity contribution in [1.82, 2.24) is 15.5 Å². The zero-order chi connectivity index (χ0) is 26.7. The van der Waals surface area contributed by atoms with E-state index in [2.05, 4.69) is 27.8 Å². The largest absolute Gasteiger partial charge is 0.340 e. The molecule has 4 rings (SSSR count). The summed E-state index contributed by atoms with van der Waals surface area (Å²) in [5.74, 6) is -0.613. The van der Waals surface area contributed by atoms with Gasteiger partial charge in [-0.3, -0.25) is 14.9 Å². The van der Waals surface area contributed by atoms with Crippen LogP contribution in [0.1, 0.15) is 59.7 Å². The summed E-state index contributed by atoms with van der Waals surface area (Å²) in [5.41, 5.74) is 4.78. The van der Waals surface area contributed by atoms with Crippen LogP contribution in [0.3, 0.4) is 0 Å². The number of aryl methyl sites for hydroxylation is 2. The fourth-order valence-corrected chi connectivity index (χ4v) is 4.98. The van der Waals surface area contributed by atoms with Crippen LogP contribution in [0.2, 0.25) is 0 Å². The fourth-order valence-electron chi connectivity index (χ4n) is 4.24. The number of nitrogens with zero attached hydrogens (tertiary/aromatic N) is 2. The Bertz CT molecular complexity index is 1340. The summed E-state index contributed by atoms with van der Waals surface area (Å²) in [7, 11) is 0. The molecule has 1 atom stereocenters. The van der Waals surface area contributed by atoms with E-state index < -0.39 is 6.04 Å². The van der Waals surface area contributed by atoms with Crippen LogP contribution in [0.5, 0.6) is 0 Å². The Morgan fingerprint density at radius 3 is 2.39 bits per heavy atom. The molecular weight excluding hydrogens is 492 g/mol. The topological polar surface area (TPSA) is 84.0 Å². The van der Waals surface area contributed by atoms with Crippen LogP contribution < -0.4 is 10.6 Å². The first kappa shape index (κ1) is 27.2. The average molecular weight is 527 g/mol. The Labute approximate surface area is 228 Å². The predicted molar refractivity (Wildman–Crippen MR) is 154 cm³/mol. The van der Waals surface area contributed by atoms with Gasteiger partial charge in [0.2, 0.25) is 11.0 Å². The van der Waals surface area contributed by atoms with Gasteiger partial charge in [-0.05, 0) is 49.1 Å². The monoisotopic (exact) mass is 526 g/mol. The highest BCUT2D eigenvalue weighted by Crippen LogP contribution is 2.27. The van der Waals surface area contributed by atoms with Crippen LogP contribution in [0.4, 0.5) is 5.13 Å². The van der Waals surface area contributed by atoms with Gasteiger partial charge < -0.3 is 5.32 Å². The molecule has 1 unspecified atom stereocenters. The second kappa shape index (κ2) is 13.6. The van der Waals surface area contributed by atoms with Crippen molar-refractivity contribution in [1.29, 1.82) is 0 Å². The summed E-state index contributed by atoms with van der Waals surface area (Å²) in [5, 5.41) is 15.3. The molecule has 0 saturated carbocycles. The van der Waals surface area contributed by atoms with E-state index >= 15 is 0 Å². The van der Waals surface area contributed by atoms with Gasteiger partial charge in [-0.25, -0.2) is 0 Å². The maximum Gasteiger partial charge on any atom is 0.251 e. The van der Waals surface area contributed by atoms with Gasteiger partial charge in [0.05, 0.1) is 0 Å². The minimum Gasteiger partial charge on any atom is -0.340 e. The predicted octanol–water partition coefficient (Wildman–Crippen LogP) is 6.62. The number of benzene rings is 3. The maximum atomic E-state index is 13.3. The molecule has 0 radical (unpaired) electrons. The summed E-state index contributed by atoms with van der Waals surface area (Å²) in [4.78, 5) is 26.4. The van der Waals surface area contributed by atoms with Crippen molar-refractivity contribution in [3.8, 4) is 10.6 Å². The molecule has 6 nitrogen and oxygen atoms in total. The molecule has 0 saturated heterocycles. The Kier molecular flexibility index (Phi) is 9.76. The number of hydrogen-bond acceptors (Lipinski definition) is 5. The van der Waals surface area contributed by atoms with Gasteiger partial charge in [-0.1, -0.05) is 104 Å². The van der Waals surface area contributed by atoms with Crippen molar-refractivity contribution < 1.29 is 9.59 Å². The van der Waals surface area contributed by atoms with Gasteiger partial charge in [-0.2, -0.15) is 0 Å². The number of nitrogens with one attached hydrogen (secondary N) is 2. The highest BCUT2D eigenvalue weighted by molar-refractivity contribution is 7.18.